The number of nitrogens with one attached hydrogen (secondary N) is 1. The van der Waals surface area contributed by atoms with Gasteiger partial charge in [-0.15, -0.1) is 0 Å². The van der Waals surface area contributed by atoms with Crippen LogP contribution in [-0.2, 0) is 4.79 Å². The number of carboxylic acids is 1. The minimum atomic E-state index is -1.07. The van der Waals surface area contributed by atoms with Crippen LogP contribution >= 0.6 is 11.6 Å². The van der Waals surface area contributed by atoms with Gasteiger partial charge in [-0.3, -0.25) is 9.69 Å². The zero-order valence-corrected chi connectivity index (χ0v) is 13.2. The number of rotatable bonds is 6. The van der Waals surface area contributed by atoms with E-state index in [1.165, 1.54) is 4.90 Å². The number of carboxylic acid groups (broad SMARTS) is 1. The van der Waals surface area contributed by atoms with E-state index in [2.05, 4.69) is 5.32 Å². The smallest absolute Gasteiger partial charge is 0.323 e. The van der Waals surface area contributed by atoms with Gasteiger partial charge in [0.05, 0.1) is 0 Å². The highest BCUT2D eigenvalue weighted by molar-refractivity contribution is 6.30. The Kier molecular flexibility index (Phi) is 6.49. The molecular weight excluding hydrogens is 292 g/mol. The number of carbonyl (C=O) groups is 2. The standard InChI is InChI=1S/C15H21ClN2O3/c1-4-10(2)11(3)17-15(21)18(9-14(19)20)13-7-5-12(16)6-8-13/h5-8,10-11H,4,9H2,1-3H3,(H,17,21)(H,19,20). The Hall–Kier alpha value is -1.75. The van der Waals surface area contributed by atoms with Gasteiger partial charge in [-0.1, -0.05) is 31.9 Å². The normalized spacial score (nSPS) is 13.3. The predicted molar refractivity (Wildman–Crippen MR) is 83.9 cm³/mol. The summed E-state index contributed by atoms with van der Waals surface area (Å²) in [6, 6.07) is 6.03. The topological polar surface area (TPSA) is 69.6 Å². The number of benzene rings is 1. The van der Waals surface area contributed by atoms with Crippen LogP contribution in [0.2, 0.25) is 5.02 Å². The molecule has 0 heterocycles. The van der Waals surface area contributed by atoms with Crippen LogP contribution in [0.25, 0.3) is 0 Å². The quantitative estimate of drug-likeness (QED) is 0.846. The summed E-state index contributed by atoms with van der Waals surface area (Å²) in [4.78, 5) is 24.5. The number of hydrogen-bond acceptors (Lipinski definition) is 2. The van der Waals surface area contributed by atoms with E-state index in [1.54, 1.807) is 24.3 Å². The number of halogens is 1. The Morgan fingerprint density at radius 3 is 2.33 bits per heavy atom. The average molecular weight is 313 g/mol. The first-order valence-electron chi connectivity index (χ1n) is 6.90. The van der Waals surface area contributed by atoms with Crippen molar-refractivity contribution in [3.05, 3.63) is 29.3 Å². The lowest BCUT2D eigenvalue weighted by Gasteiger charge is -2.26. The molecule has 0 aromatic heterocycles. The first kappa shape index (κ1) is 17.3. The van der Waals surface area contributed by atoms with Crippen molar-refractivity contribution >= 4 is 29.3 Å². The number of anilines is 1. The van der Waals surface area contributed by atoms with Crippen molar-refractivity contribution in [2.75, 3.05) is 11.4 Å². The Morgan fingerprint density at radius 2 is 1.86 bits per heavy atom. The van der Waals surface area contributed by atoms with E-state index >= 15 is 0 Å². The Labute approximate surface area is 129 Å². The van der Waals surface area contributed by atoms with Crippen LogP contribution in [-0.4, -0.2) is 29.7 Å². The molecule has 5 nitrogen and oxygen atoms in total. The van der Waals surface area contributed by atoms with Gasteiger partial charge >= 0.3 is 12.0 Å². The Bertz CT molecular complexity index is 490. The molecule has 2 N–H and O–H groups in total. The number of nitrogens with zero attached hydrogens (tertiary/aromatic N) is 1. The minimum Gasteiger partial charge on any atom is -0.480 e. The van der Waals surface area contributed by atoms with E-state index in [1.807, 2.05) is 20.8 Å². The molecule has 21 heavy (non-hydrogen) atoms. The monoisotopic (exact) mass is 312 g/mol. The molecule has 1 aromatic rings. The van der Waals surface area contributed by atoms with Crippen LogP contribution in [0.3, 0.4) is 0 Å². The summed E-state index contributed by atoms with van der Waals surface area (Å²) in [6.07, 6.45) is 0.932. The van der Waals surface area contributed by atoms with Crippen LogP contribution < -0.4 is 10.2 Å². The second kappa shape index (κ2) is 7.88. The Morgan fingerprint density at radius 1 is 1.29 bits per heavy atom. The van der Waals surface area contributed by atoms with Gasteiger partial charge in [0.25, 0.3) is 0 Å². The lowest BCUT2D eigenvalue weighted by Crippen LogP contribution is -2.47. The van der Waals surface area contributed by atoms with Crippen molar-refractivity contribution in [3.8, 4) is 0 Å². The summed E-state index contributed by atoms with van der Waals surface area (Å²) in [5.41, 5.74) is 0.496. The highest BCUT2D eigenvalue weighted by Gasteiger charge is 2.21. The Balaban J connectivity index is 2.89. The first-order chi connectivity index (χ1) is 9.85. The zero-order valence-electron chi connectivity index (χ0n) is 12.5. The molecule has 1 aromatic carbocycles. The molecule has 2 unspecified atom stereocenters. The van der Waals surface area contributed by atoms with E-state index < -0.39 is 18.5 Å². The number of hydrogen-bond donors (Lipinski definition) is 2. The lowest BCUT2D eigenvalue weighted by atomic mass is 10.0. The average Bonchev–Trinajstić information content (AvgIpc) is 2.44. The van der Waals surface area contributed by atoms with Crippen molar-refractivity contribution < 1.29 is 14.7 Å². The minimum absolute atomic E-state index is 0.0360. The molecule has 0 fully saturated rings. The second-order valence-electron chi connectivity index (χ2n) is 5.08. The fraction of sp³-hybridized carbons (Fsp3) is 0.467. The van der Waals surface area contributed by atoms with Gasteiger partial charge in [0.2, 0.25) is 0 Å². The molecule has 2 amide bonds. The predicted octanol–water partition coefficient (Wildman–Crippen LogP) is 3.38. The van der Waals surface area contributed by atoms with Crippen molar-refractivity contribution in [2.24, 2.45) is 5.92 Å². The van der Waals surface area contributed by atoms with Crippen LogP contribution in [0.15, 0.2) is 24.3 Å². The van der Waals surface area contributed by atoms with E-state index in [9.17, 15) is 9.59 Å². The van der Waals surface area contributed by atoms with E-state index in [0.717, 1.165) is 6.42 Å². The summed E-state index contributed by atoms with van der Waals surface area (Å²) in [6.45, 7) is 5.59. The number of amides is 2. The molecule has 0 radical (unpaired) electrons. The van der Waals surface area contributed by atoms with Gasteiger partial charge in [-0.2, -0.15) is 0 Å². The van der Waals surface area contributed by atoms with E-state index in [4.69, 9.17) is 16.7 Å². The number of carbonyl (C=O) groups excluding carboxylic acids is 1. The highest BCUT2D eigenvalue weighted by Crippen LogP contribution is 2.18. The zero-order chi connectivity index (χ0) is 16.0. The molecule has 6 heteroatoms. The molecule has 0 saturated heterocycles. The highest BCUT2D eigenvalue weighted by atomic mass is 35.5. The molecule has 2 atom stereocenters. The summed E-state index contributed by atoms with van der Waals surface area (Å²) in [7, 11) is 0. The number of urea groups is 1. The van der Waals surface area contributed by atoms with Gasteiger partial charge in [0, 0.05) is 16.8 Å². The first-order valence-corrected chi connectivity index (χ1v) is 7.28. The third-order valence-corrected chi connectivity index (χ3v) is 3.78. The van der Waals surface area contributed by atoms with E-state index in [-0.39, 0.29) is 6.04 Å². The maximum atomic E-state index is 12.3. The number of aliphatic carboxylic acids is 1. The van der Waals surface area contributed by atoms with Crippen molar-refractivity contribution in [2.45, 2.75) is 33.2 Å². The van der Waals surface area contributed by atoms with Crippen molar-refractivity contribution in [1.82, 2.24) is 5.32 Å². The molecule has 0 saturated carbocycles. The van der Waals surface area contributed by atoms with Crippen LogP contribution in [0.4, 0.5) is 10.5 Å². The molecule has 0 spiro atoms. The maximum Gasteiger partial charge on any atom is 0.323 e. The summed E-state index contributed by atoms with van der Waals surface area (Å²) in [5.74, 6) is -0.762. The fourth-order valence-corrected chi connectivity index (χ4v) is 1.93. The molecule has 0 aliphatic heterocycles. The molecule has 0 aliphatic rings. The molecule has 0 aliphatic carbocycles. The van der Waals surface area contributed by atoms with Crippen LogP contribution in [0.1, 0.15) is 27.2 Å². The van der Waals surface area contributed by atoms with Crippen molar-refractivity contribution in [1.29, 1.82) is 0 Å². The fourth-order valence-electron chi connectivity index (χ4n) is 1.81. The largest absolute Gasteiger partial charge is 0.480 e. The molecular formula is C15H21ClN2O3. The lowest BCUT2D eigenvalue weighted by molar-refractivity contribution is -0.135. The van der Waals surface area contributed by atoms with Gasteiger partial charge in [-0.05, 0) is 37.1 Å². The van der Waals surface area contributed by atoms with Gasteiger partial charge < -0.3 is 10.4 Å². The molecule has 0 bridgehead atoms. The third-order valence-electron chi connectivity index (χ3n) is 3.53. The second-order valence-corrected chi connectivity index (χ2v) is 5.52. The van der Waals surface area contributed by atoms with Crippen molar-refractivity contribution in [3.63, 3.8) is 0 Å². The van der Waals surface area contributed by atoms with Crippen LogP contribution in [0.5, 0.6) is 0 Å². The summed E-state index contributed by atoms with van der Waals surface area (Å²) < 4.78 is 0. The molecule has 1 rings (SSSR count). The van der Waals surface area contributed by atoms with E-state index in [0.29, 0.717) is 16.6 Å². The van der Waals surface area contributed by atoms with Gasteiger partial charge in [-0.25, -0.2) is 4.79 Å². The van der Waals surface area contributed by atoms with Gasteiger partial charge in [0.15, 0.2) is 0 Å². The summed E-state index contributed by atoms with van der Waals surface area (Å²) in [5, 5.41) is 12.4. The molecule has 116 valence electrons. The maximum absolute atomic E-state index is 12.3. The third kappa shape index (κ3) is 5.27. The summed E-state index contributed by atoms with van der Waals surface area (Å²) >= 11 is 5.81. The van der Waals surface area contributed by atoms with Crippen LogP contribution in [0, 0.1) is 5.92 Å². The SMILES string of the molecule is CCC(C)C(C)NC(=O)N(CC(=O)O)c1ccc(Cl)cc1. The van der Waals surface area contributed by atoms with Gasteiger partial charge in [0.1, 0.15) is 6.54 Å².